The molecule has 1 aliphatic rings. The van der Waals surface area contributed by atoms with Gasteiger partial charge in [-0.1, -0.05) is 18.1 Å². The fourth-order valence-electron chi connectivity index (χ4n) is 2.71. The van der Waals surface area contributed by atoms with Gasteiger partial charge in [-0.3, -0.25) is 0 Å². The molecule has 0 heterocycles. The molecule has 0 aliphatic heterocycles. The van der Waals surface area contributed by atoms with Crippen molar-refractivity contribution in [3.05, 3.63) is 35.1 Å². The molecular formula is C15H22FN3O. The normalized spacial score (nSPS) is 23.8. The number of rotatable bonds is 4. The van der Waals surface area contributed by atoms with Crippen molar-refractivity contribution in [2.24, 2.45) is 16.8 Å². The van der Waals surface area contributed by atoms with Crippen molar-refractivity contribution in [3.8, 4) is 0 Å². The van der Waals surface area contributed by atoms with Gasteiger partial charge in [-0.05, 0) is 49.3 Å². The zero-order chi connectivity index (χ0) is 14.5. The molecule has 2 rings (SSSR count). The van der Waals surface area contributed by atoms with E-state index in [1.54, 1.807) is 6.07 Å². The van der Waals surface area contributed by atoms with Gasteiger partial charge in [-0.15, -0.1) is 0 Å². The van der Waals surface area contributed by atoms with E-state index in [9.17, 15) is 4.39 Å². The highest BCUT2D eigenvalue weighted by Crippen LogP contribution is 2.24. The summed E-state index contributed by atoms with van der Waals surface area (Å²) in [6.45, 7) is 2.89. The van der Waals surface area contributed by atoms with Crippen molar-refractivity contribution in [2.45, 2.75) is 45.2 Å². The average molecular weight is 279 g/mol. The van der Waals surface area contributed by atoms with Crippen molar-refractivity contribution in [2.75, 3.05) is 0 Å². The summed E-state index contributed by atoms with van der Waals surface area (Å²) in [5.41, 5.74) is 6.89. The number of halogens is 1. The molecule has 110 valence electrons. The Bertz CT molecular complexity index is 482. The first-order chi connectivity index (χ1) is 9.60. The third kappa shape index (κ3) is 3.70. The predicted molar refractivity (Wildman–Crippen MR) is 77.2 cm³/mol. The fourth-order valence-corrected chi connectivity index (χ4v) is 2.71. The summed E-state index contributed by atoms with van der Waals surface area (Å²) in [7, 11) is 0. The van der Waals surface area contributed by atoms with Gasteiger partial charge in [0.25, 0.3) is 0 Å². The van der Waals surface area contributed by atoms with Crippen LogP contribution in [0.1, 0.15) is 43.7 Å². The molecule has 0 atom stereocenters. The molecule has 20 heavy (non-hydrogen) atoms. The lowest BCUT2D eigenvalue weighted by molar-refractivity contribution is 0.306. The lowest BCUT2D eigenvalue weighted by atomic mass is 9.87. The number of benzene rings is 1. The summed E-state index contributed by atoms with van der Waals surface area (Å²) >= 11 is 0. The zero-order valence-electron chi connectivity index (χ0n) is 11.8. The van der Waals surface area contributed by atoms with E-state index in [1.807, 2.05) is 0 Å². The molecule has 0 radical (unpaired) electrons. The van der Waals surface area contributed by atoms with E-state index in [-0.39, 0.29) is 11.7 Å². The third-order valence-electron chi connectivity index (χ3n) is 4.05. The van der Waals surface area contributed by atoms with Crippen LogP contribution in [0.2, 0.25) is 0 Å². The van der Waals surface area contributed by atoms with Crippen molar-refractivity contribution in [1.82, 2.24) is 5.32 Å². The summed E-state index contributed by atoms with van der Waals surface area (Å²) in [5.74, 6) is 0.368. The van der Waals surface area contributed by atoms with Gasteiger partial charge in [0.1, 0.15) is 5.82 Å². The molecule has 0 bridgehead atoms. The van der Waals surface area contributed by atoms with Gasteiger partial charge in [0.2, 0.25) is 0 Å². The molecule has 0 amide bonds. The SMILES string of the molecule is CC1CCC(NCc2ccc(F)cc2/C(N)=N/O)CC1. The topological polar surface area (TPSA) is 70.6 Å². The molecule has 1 aliphatic carbocycles. The molecule has 0 spiro atoms. The van der Waals surface area contributed by atoms with Crippen LogP contribution in [0.3, 0.4) is 0 Å². The Morgan fingerprint density at radius 3 is 2.75 bits per heavy atom. The standard InChI is InChI=1S/C15H22FN3O/c1-10-2-6-13(7-3-10)18-9-11-4-5-12(16)8-14(11)15(17)19-20/h4-5,8,10,13,18,20H,2-3,6-7,9H2,1H3,(H2,17,19). The van der Waals surface area contributed by atoms with E-state index < -0.39 is 0 Å². The highest BCUT2D eigenvalue weighted by molar-refractivity contribution is 5.98. The van der Waals surface area contributed by atoms with Crippen LogP contribution >= 0.6 is 0 Å². The summed E-state index contributed by atoms with van der Waals surface area (Å²) in [6, 6.07) is 4.88. The van der Waals surface area contributed by atoms with Crippen LogP contribution < -0.4 is 11.1 Å². The number of nitrogens with one attached hydrogen (secondary N) is 1. The van der Waals surface area contributed by atoms with Gasteiger partial charge in [0.05, 0.1) is 0 Å². The smallest absolute Gasteiger partial charge is 0.170 e. The Labute approximate surface area is 118 Å². The van der Waals surface area contributed by atoms with E-state index in [1.165, 1.54) is 37.8 Å². The highest BCUT2D eigenvalue weighted by atomic mass is 19.1. The van der Waals surface area contributed by atoms with Gasteiger partial charge in [-0.25, -0.2) is 4.39 Å². The van der Waals surface area contributed by atoms with Crippen molar-refractivity contribution >= 4 is 5.84 Å². The monoisotopic (exact) mass is 279 g/mol. The van der Waals surface area contributed by atoms with Crippen molar-refractivity contribution in [1.29, 1.82) is 0 Å². The first kappa shape index (κ1) is 14.8. The van der Waals surface area contributed by atoms with Crippen LogP contribution in [0.4, 0.5) is 4.39 Å². The second kappa shape index (κ2) is 6.70. The summed E-state index contributed by atoms with van der Waals surface area (Å²) in [4.78, 5) is 0. The number of oxime groups is 1. The molecule has 4 N–H and O–H groups in total. The van der Waals surface area contributed by atoms with Gasteiger partial charge in [-0.2, -0.15) is 0 Å². The van der Waals surface area contributed by atoms with Crippen LogP contribution in [-0.4, -0.2) is 17.1 Å². The zero-order valence-corrected chi connectivity index (χ0v) is 11.8. The van der Waals surface area contributed by atoms with E-state index >= 15 is 0 Å². The molecule has 1 saturated carbocycles. The number of amidine groups is 1. The van der Waals surface area contributed by atoms with Crippen LogP contribution in [0.5, 0.6) is 0 Å². The molecule has 1 fully saturated rings. The maximum Gasteiger partial charge on any atom is 0.170 e. The Morgan fingerprint density at radius 2 is 2.10 bits per heavy atom. The van der Waals surface area contributed by atoms with Gasteiger partial charge in [0, 0.05) is 18.2 Å². The van der Waals surface area contributed by atoms with E-state index in [2.05, 4.69) is 17.4 Å². The number of hydrogen-bond acceptors (Lipinski definition) is 3. The minimum absolute atomic E-state index is 0.0569. The quantitative estimate of drug-likeness (QED) is 0.343. The second-order valence-electron chi connectivity index (χ2n) is 5.62. The lowest BCUT2D eigenvalue weighted by Crippen LogP contribution is -2.33. The largest absolute Gasteiger partial charge is 0.409 e. The number of nitrogens with zero attached hydrogens (tertiary/aromatic N) is 1. The second-order valence-corrected chi connectivity index (χ2v) is 5.62. The van der Waals surface area contributed by atoms with Crippen LogP contribution in [0.15, 0.2) is 23.4 Å². The summed E-state index contributed by atoms with van der Waals surface area (Å²) in [5, 5.41) is 15.2. The molecule has 0 unspecified atom stereocenters. The van der Waals surface area contributed by atoms with E-state index in [0.717, 1.165) is 11.5 Å². The number of nitrogens with two attached hydrogens (primary N) is 1. The first-order valence-corrected chi connectivity index (χ1v) is 7.10. The van der Waals surface area contributed by atoms with Crippen LogP contribution in [0, 0.1) is 11.7 Å². The Morgan fingerprint density at radius 1 is 1.40 bits per heavy atom. The van der Waals surface area contributed by atoms with Gasteiger partial charge < -0.3 is 16.3 Å². The maximum absolute atomic E-state index is 13.3. The fraction of sp³-hybridized carbons (Fsp3) is 0.533. The summed E-state index contributed by atoms with van der Waals surface area (Å²) in [6.07, 6.45) is 4.82. The van der Waals surface area contributed by atoms with Crippen molar-refractivity contribution in [3.63, 3.8) is 0 Å². The Kier molecular flexibility index (Phi) is 4.95. The van der Waals surface area contributed by atoms with Crippen LogP contribution in [0.25, 0.3) is 0 Å². The third-order valence-corrected chi connectivity index (χ3v) is 4.05. The summed E-state index contributed by atoms with van der Waals surface area (Å²) < 4.78 is 13.3. The van der Waals surface area contributed by atoms with Crippen molar-refractivity contribution < 1.29 is 9.60 Å². The lowest BCUT2D eigenvalue weighted by Gasteiger charge is -2.27. The molecule has 0 saturated heterocycles. The highest BCUT2D eigenvalue weighted by Gasteiger charge is 2.18. The Balaban J connectivity index is 2.02. The minimum Gasteiger partial charge on any atom is -0.409 e. The molecular weight excluding hydrogens is 257 g/mol. The van der Waals surface area contributed by atoms with Gasteiger partial charge in [0.15, 0.2) is 5.84 Å². The minimum atomic E-state index is -0.387. The molecule has 1 aromatic rings. The number of hydrogen-bond donors (Lipinski definition) is 3. The van der Waals surface area contributed by atoms with Gasteiger partial charge >= 0.3 is 0 Å². The van der Waals surface area contributed by atoms with Crippen LogP contribution in [-0.2, 0) is 6.54 Å². The first-order valence-electron chi connectivity index (χ1n) is 7.10. The van der Waals surface area contributed by atoms with E-state index in [0.29, 0.717) is 18.2 Å². The molecule has 5 heteroatoms. The molecule has 1 aromatic carbocycles. The predicted octanol–water partition coefficient (Wildman–Crippen LogP) is 2.59. The molecule has 4 nitrogen and oxygen atoms in total. The molecule has 0 aromatic heterocycles. The van der Waals surface area contributed by atoms with E-state index in [4.69, 9.17) is 10.9 Å². The average Bonchev–Trinajstić information content (AvgIpc) is 2.46. The maximum atomic E-state index is 13.3. The Hall–Kier alpha value is -1.62.